The number of carbonyl (C=O) groups is 2. The van der Waals surface area contributed by atoms with Crippen molar-refractivity contribution >= 4 is 23.5 Å². The molecule has 0 saturated carbocycles. The number of hydrogen-bond acceptors (Lipinski definition) is 3. The van der Waals surface area contributed by atoms with Crippen molar-refractivity contribution in [2.75, 3.05) is 0 Å². The number of hydrogen-bond donors (Lipinski definition) is 2. The van der Waals surface area contributed by atoms with Gasteiger partial charge in [0.15, 0.2) is 0 Å². The Bertz CT molecular complexity index is 497. The molecule has 20 heavy (non-hydrogen) atoms. The van der Waals surface area contributed by atoms with Gasteiger partial charge in [0.1, 0.15) is 5.15 Å². The maximum absolute atomic E-state index is 12.1. The van der Waals surface area contributed by atoms with Crippen LogP contribution in [0.25, 0.3) is 0 Å². The average molecular weight is 299 g/mol. The summed E-state index contributed by atoms with van der Waals surface area (Å²) in [5.41, 5.74) is 0.157. The van der Waals surface area contributed by atoms with Crippen molar-refractivity contribution in [2.45, 2.75) is 39.7 Å². The Labute approximate surface area is 123 Å². The van der Waals surface area contributed by atoms with Gasteiger partial charge in [-0.3, -0.25) is 9.59 Å². The van der Waals surface area contributed by atoms with Crippen LogP contribution in [0.15, 0.2) is 18.3 Å². The number of halogens is 1. The van der Waals surface area contributed by atoms with Crippen LogP contribution < -0.4 is 5.32 Å². The lowest BCUT2D eigenvalue weighted by atomic mass is 9.87. The smallest absolute Gasteiger partial charge is 0.305 e. The second-order valence-corrected chi connectivity index (χ2v) is 6.23. The van der Waals surface area contributed by atoms with E-state index < -0.39 is 17.9 Å². The summed E-state index contributed by atoms with van der Waals surface area (Å²) in [6.07, 6.45) is 1.92. The quantitative estimate of drug-likeness (QED) is 0.819. The fourth-order valence-corrected chi connectivity index (χ4v) is 2.15. The summed E-state index contributed by atoms with van der Waals surface area (Å²) in [5, 5.41) is 11.8. The molecule has 0 spiro atoms. The third kappa shape index (κ3) is 5.57. The van der Waals surface area contributed by atoms with E-state index in [2.05, 4.69) is 10.3 Å². The van der Waals surface area contributed by atoms with Gasteiger partial charge in [-0.25, -0.2) is 4.98 Å². The summed E-state index contributed by atoms with van der Waals surface area (Å²) < 4.78 is 0. The fraction of sp³-hybridized carbons (Fsp3) is 0.500. The van der Waals surface area contributed by atoms with Gasteiger partial charge < -0.3 is 10.4 Å². The molecule has 1 amide bonds. The van der Waals surface area contributed by atoms with Crippen LogP contribution in [-0.2, 0) is 4.79 Å². The van der Waals surface area contributed by atoms with E-state index in [1.807, 2.05) is 20.8 Å². The molecule has 1 aromatic heterocycles. The van der Waals surface area contributed by atoms with Crippen LogP contribution in [0, 0.1) is 5.41 Å². The van der Waals surface area contributed by atoms with Crippen LogP contribution in [0.4, 0.5) is 0 Å². The molecule has 110 valence electrons. The Hall–Kier alpha value is -1.62. The maximum Gasteiger partial charge on any atom is 0.305 e. The third-order valence-electron chi connectivity index (χ3n) is 2.62. The standard InChI is InChI=1S/C14H19ClN2O3/c1-14(2,3)8-9(7-11(18)19)17-13(20)10-5-4-6-16-12(10)15/h4-6,9H,7-8H2,1-3H3,(H,17,20)(H,18,19). The Morgan fingerprint density at radius 1 is 1.45 bits per heavy atom. The number of amides is 1. The van der Waals surface area contributed by atoms with Crippen LogP contribution in [0.2, 0.25) is 5.15 Å². The van der Waals surface area contributed by atoms with Crippen molar-refractivity contribution in [3.8, 4) is 0 Å². The van der Waals surface area contributed by atoms with Crippen LogP contribution in [-0.4, -0.2) is 28.0 Å². The molecule has 0 saturated heterocycles. The average Bonchev–Trinajstić information content (AvgIpc) is 2.25. The number of carboxylic acids is 1. The largest absolute Gasteiger partial charge is 0.481 e. The SMILES string of the molecule is CC(C)(C)CC(CC(=O)O)NC(=O)c1cccnc1Cl. The topological polar surface area (TPSA) is 79.3 Å². The summed E-state index contributed by atoms with van der Waals surface area (Å²) in [7, 11) is 0. The lowest BCUT2D eigenvalue weighted by Gasteiger charge is -2.25. The number of aliphatic carboxylic acids is 1. The number of pyridine rings is 1. The van der Waals surface area contributed by atoms with E-state index in [1.54, 1.807) is 12.1 Å². The minimum Gasteiger partial charge on any atom is -0.481 e. The molecule has 5 nitrogen and oxygen atoms in total. The normalized spacial score (nSPS) is 12.8. The molecule has 1 rings (SSSR count). The minimum absolute atomic E-state index is 0.0911. The molecule has 1 aromatic rings. The minimum atomic E-state index is -0.947. The van der Waals surface area contributed by atoms with Gasteiger partial charge in [0.2, 0.25) is 0 Å². The van der Waals surface area contributed by atoms with Gasteiger partial charge in [-0.2, -0.15) is 0 Å². The predicted octanol–water partition coefficient (Wildman–Crippen LogP) is 2.74. The monoisotopic (exact) mass is 298 g/mol. The molecule has 1 heterocycles. The van der Waals surface area contributed by atoms with Gasteiger partial charge >= 0.3 is 5.97 Å². The molecule has 0 aliphatic carbocycles. The van der Waals surface area contributed by atoms with E-state index in [0.717, 1.165) is 0 Å². The number of carbonyl (C=O) groups excluding carboxylic acids is 1. The molecule has 1 unspecified atom stereocenters. The van der Waals surface area contributed by atoms with E-state index in [1.165, 1.54) is 6.20 Å². The maximum atomic E-state index is 12.1. The number of aromatic nitrogens is 1. The zero-order valence-electron chi connectivity index (χ0n) is 11.8. The number of nitrogens with one attached hydrogen (secondary N) is 1. The van der Waals surface area contributed by atoms with Gasteiger partial charge in [-0.1, -0.05) is 32.4 Å². The Morgan fingerprint density at radius 2 is 2.10 bits per heavy atom. The van der Waals surface area contributed by atoms with Gasteiger partial charge in [-0.05, 0) is 24.0 Å². The van der Waals surface area contributed by atoms with E-state index >= 15 is 0 Å². The van der Waals surface area contributed by atoms with Gasteiger partial charge in [0, 0.05) is 12.2 Å². The van der Waals surface area contributed by atoms with Crippen molar-refractivity contribution in [3.05, 3.63) is 29.0 Å². The van der Waals surface area contributed by atoms with Crippen molar-refractivity contribution in [1.29, 1.82) is 0 Å². The lowest BCUT2D eigenvalue weighted by molar-refractivity contribution is -0.137. The Morgan fingerprint density at radius 3 is 2.60 bits per heavy atom. The summed E-state index contributed by atoms with van der Waals surface area (Å²) in [6.45, 7) is 5.97. The van der Waals surface area contributed by atoms with E-state index in [4.69, 9.17) is 16.7 Å². The van der Waals surface area contributed by atoms with E-state index in [-0.39, 0.29) is 22.6 Å². The second-order valence-electron chi connectivity index (χ2n) is 5.87. The summed E-state index contributed by atoms with van der Waals surface area (Å²) >= 11 is 5.85. The summed E-state index contributed by atoms with van der Waals surface area (Å²) in [5.74, 6) is -1.35. The first-order valence-corrected chi connectivity index (χ1v) is 6.70. The molecule has 0 bridgehead atoms. The van der Waals surface area contributed by atoms with Crippen molar-refractivity contribution < 1.29 is 14.7 Å². The van der Waals surface area contributed by atoms with Crippen LogP contribution >= 0.6 is 11.6 Å². The first-order chi connectivity index (χ1) is 9.19. The Kier molecular flexibility index (Phi) is 5.51. The van der Waals surface area contributed by atoms with Crippen LogP contribution in [0.1, 0.15) is 44.0 Å². The summed E-state index contributed by atoms with van der Waals surface area (Å²) in [6, 6.07) is 2.72. The molecule has 2 N–H and O–H groups in total. The molecule has 0 radical (unpaired) electrons. The predicted molar refractivity (Wildman–Crippen MR) is 76.8 cm³/mol. The van der Waals surface area contributed by atoms with Gasteiger partial charge in [0.05, 0.1) is 12.0 Å². The number of rotatable bonds is 5. The molecule has 1 atom stereocenters. The third-order valence-corrected chi connectivity index (χ3v) is 2.92. The fourth-order valence-electron chi connectivity index (χ4n) is 1.94. The molecule has 0 aromatic carbocycles. The lowest BCUT2D eigenvalue weighted by Crippen LogP contribution is -2.39. The summed E-state index contributed by atoms with van der Waals surface area (Å²) in [4.78, 5) is 26.8. The van der Waals surface area contributed by atoms with Crippen molar-refractivity contribution in [2.24, 2.45) is 5.41 Å². The molecule has 0 aliphatic heterocycles. The van der Waals surface area contributed by atoms with E-state index in [0.29, 0.717) is 6.42 Å². The van der Waals surface area contributed by atoms with Crippen LogP contribution in [0.3, 0.4) is 0 Å². The highest BCUT2D eigenvalue weighted by Crippen LogP contribution is 2.22. The molecular weight excluding hydrogens is 280 g/mol. The van der Waals surface area contributed by atoms with E-state index in [9.17, 15) is 9.59 Å². The zero-order valence-corrected chi connectivity index (χ0v) is 12.6. The number of nitrogens with zero attached hydrogens (tertiary/aromatic N) is 1. The highest BCUT2D eigenvalue weighted by molar-refractivity contribution is 6.32. The van der Waals surface area contributed by atoms with Crippen LogP contribution in [0.5, 0.6) is 0 Å². The highest BCUT2D eigenvalue weighted by Gasteiger charge is 2.24. The zero-order chi connectivity index (χ0) is 15.3. The van der Waals surface area contributed by atoms with Gasteiger partial charge in [-0.15, -0.1) is 0 Å². The number of carboxylic acid groups (broad SMARTS) is 1. The van der Waals surface area contributed by atoms with Gasteiger partial charge in [0.25, 0.3) is 5.91 Å². The van der Waals surface area contributed by atoms with Crippen molar-refractivity contribution in [1.82, 2.24) is 10.3 Å². The Balaban J connectivity index is 2.81. The first kappa shape index (κ1) is 16.4. The second kappa shape index (κ2) is 6.70. The highest BCUT2D eigenvalue weighted by atomic mass is 35.5. The molecule has 0 fully saturated rings. The van der Waals surface area contributed by atoms with Crippen molar-refractivity contribution in [3.63, 3.8) is 0 Å². The molecule has 0 aliphatic rings. The molecule has 6 heteroatoms. The molecular formula is C14H19ClN2O3. The first-order valence-electron chi connectivity index (χ1n) is 6.32.